The van der Waals surface area contributed by atoms with Crippen LogP contribution in [0, 0.1) is 0 Å². The first-order chi connectivity index (χ1) is 15.9. The zero-order valence-electron chi connectivity index (χ0n) is 18.1. The summed E-state index contributed by atoms with van der Waals surface area (Å²) in [6.45, 7) is 2.56. The van der Waals surface area contributed by atoms with Gasteiger partial charge in [0.1, 0.15) is 17.0 Å². The van der Waals surface area contributed by atoms with Crippen molar-refractivity contribution in [3.8, 4) is 11.4 Å². The first-order valence-electron chi connectivity index (χ1n) is 10.5. The molecule has 0 N–H and O–H groups in total. The monoisotopic (exact) mass is 463 g/mol. The van der Waals surface area contributed by atoms with Crippen molar-refractivity contribution < 1.29 is 8.42 Å². The molecular weight excluding hydrogens is 442 g/mol. The van der Waals surface area contributed by atoms with Gasteiger partial charge in [-0.1, -0.05) is 12.1 Å². The molecule has 2 aliphatic heterocycles. The number of amidine groups is 1. The average Bonchev–Trinajstić information content (AvgIpc) is 3.48. The molecule has 12 heteroatoms. The molecule has 0 atom stereocenters. The molecule has 1 saturated heterocycles. The summed E-state index contributed by atoms with van der Waals surface area (Å²) >= 11 is 0. The van der Waals surface area contributed by atoms with Crippen LogP contribution in [0.5, 0.6) is 0 Å². The first kappa shape index (κ1) is 19.9. The maximum atomic E-state index is 12.4. The summed E-state index contributed by atoms with van der Waals surface area (Å²) in [5.74, 6) is 2.07. The fourth-order valence-corrected chi connectivity index (χ4v) is 5.69. The van der Waals surface area contributed by atoms with Gasteiger partial charge in [0, 0.05) is 52.0 Å². The fraction of sp³-hybridized carbons (Fsp3) is 0.286. The highest BCUT2D eigenvalue weighted by molar-refractivity contribution is 7.90. The van der Waals surface area contributed by atoms with E-state index >= 15 is 0 Å². The molecule has 0 bridgehead atoms. The van der Waals surface area contributed by atoms with Crippen LogP contribution in [0.3, 0.4) is 0 Å². The molecule has 2 aliphatic rings. The molecule has 5 heterocycles. The average molecular weight is 464 g/mol. The van der Waals surface area contributed by atoms with Crippen LogP contribution in [0.25, 0.3) is 22.6 Å². The molecule has 168 valence electrons. The predicted molar refractivity (Wildman–Crippen MR) is 122 cm³/mol. The third kappa shape index (κ3) is 3.09. The van der Waals surface area contributed by atoms with E-state index in [1.807, 2.05) is 41.9 Å². The van der Waals surface area contributed by atoms with E-state index in [1.165, 1.54) is 0 Å². The van der Waals surface area contributed by atoms with Crippen molar-refractivity contribution in [3.63, 3.8) is 0 Å². The first-order valence-corrected chi connectivity index (χ1v) is 12.0. The van der Waals surface area contributed by atoms with E-state index in [9.17, 15) is 8.42 Å². The van der Waals surface area contributed by atoms with Crippen molar-refractivity contribution in [2.45, 2.75) is 4.90 Å². The number of benzene rings is 1. The number of hydrogen-bond donors (Lipinski definition) is 0. The van der Waals surface area contributed by atoms with Crippen LogP contribution >= 0.6 is 0 Å². The van der Waals surface area contributed by atoms with Gasteiger partial charge in [-0.25, -0.2) is 15.0 Å². The third-order valence-corrected chi connectivity index (χ3v) is 7.42. The normalized spacial score (nSPS) is 17.5. The van der Waals surface area contributed by atoms with Crippen LogP contribution in [-0.4, -0.2) is 74.6 Å². The van der Waals surface area contributed by atoms with Crippen LogP contribution in [0.1, 0.15) is 5.56 Å². The maximum absolute atomic E-state index is 12.4. The number of imidazole rings is 1. The van der Waals surface area contributed by atoms with Gasteiger partial charge in [-0.2, -0.15) is 13.5 Å². The third-order valence-electron chi connectivity index (χ3n) is 6.09. The molecule has 4 aromatic rings. The lowest BCUT2D eigenvalue weighted by atomic mass is 10.1. The summed E-state index contributed by atoms with van der Waals surface area (Å²) in [6.07, 6.45) is 5.26. The number of sulfonamides is 1. The Morgan fingerprint density at radius 3 is 2.48 bits per heavy atom. The summed E-state index contributed by atoms with van der Waals surface area (Å²) in [5, 5.41) is 4.25. The van der Waals surface area contributed by atoms with Crippen LogP contribution in [0.15, 0.2) is 52.3 Å². The molecule has 33 heavy (non-hydrogen) atoms. The van der Waals surface area contributed by atoms with E-state index in [2.05, 4.69) is 24.4 Å². The van der Waals surface area contributed by atoms with Gasteiger partial charge in [0.25, 0.3) is 10.0 Å². The van der Waals surface area contributed by atoms with E-state index in [-0.39, 0.29) is 4.90 Å². The maximum Gasteiger partial charge on any atom is 0.285 e. The summed E-state index contributed by atoms with van der Waals surface area (Å²) in [5.41, 5.74) is 3.06. The Kier molecular flexibility index (Phi) is 4.27. The summed E-state index contributed by atoms with van der Waals surface area (Å²) in [7, 11) is 0.170. The lowest BCUT2D eigenvalue weighted by Crippen LogP contribution is -2.49. The van der Waals surface area contributed by atoms with Gasteiger partial charge in [0.15, 0.2) is 22.8 Å². The van der Waals surface area contributed by atoms with Crippen molar-refractivity contribution in [3.05, 3.63) is 48.5 Å². The van der Waals surface area contributed by atoms with Gasteiger partial charge < -0.3 is 14.4 Å². The van der Waals surface area contributed by atoms with Crippen LogP contribution < -0.4 is 4.90 Å². The minimum atomic E-state index is -3.63. The minimum Gasteiger partial charge on any atom is -0.352 e. The van der Waals surface area contributed by atoms with Crippen molar-refractivity contribution in [2.24, 2.45) is 18.5 Å². The molecule has 0 amide bonds. The molecule has 0 radical (unpaired) electrons. The molecule has 0 spiro atoms. The van der Waals surface area contributed by atoms with E-state index in [1.54, 1.807) is 29.3 Å². The lowest BCUT2D eigenvalue weighted by molar-refractivity contribution is 0.386. The van der Waals surface area contributed by atoms with Crippen molar-refractivity contribution in [2.75, 3.05) is 31.1 Å². The molecule has 1 aromatic carbocycles. The van der Waals surface area contributed by atoms with Crippen LogP contribution in [0.2, 0.25) is 0 Å². The molecule has 1 fully saturated rings. The Bertz CT molecular complexity index is 1530. The molecular formula is C21H21N9O2S. The highest BCUT2D eigenvalue weighted by atomic mass is 32.2. The highest BCUT2D eigenvalue weighted by Crippen LogP contribution is 2.30. The Balaban J connectivity index is 1.29. The second-order valence-corrected chi connectivity index (χ2v) is 9.70. The molecule has 11 nitrogen and oxygen atoms in total. The Hall–Kier alpha value is -3.80. The van der Waals surface area contributed by atoms with Crippen molar-refractivity contribution in [1.82, 2.24) is 34.2 Å². The Labute approximate surface area is 190 Å². The standard InChI is InChI=1S/C21H21N9O2S/c1-27-12-14(11-24-27)18-25-17-20(28(18)2)22-13-23-21(17)30-9-7-29(8-10-30)19-15-5-3-4-6-16(15)33(31,32)26-19/h3-6,11-13H,7-10H2,1-2H3. The van der Waals surface area contributed by atoms with Gasteiger partial charge >= 0.3 is 0 Å². The number of hydrogen-bond acceptors (Lipinski definition) is 8. The quantitative estimate of drug-likeness (QED) is 0.433. The summed E-state index contributed by atoms with van der Waals surface area (Å²) in [6, 6.07) is 6.98. The number of aryl methyl sites for hydroxylation is 2. The number of fused-ring (bicyclic) bond motifs is 2. The minimum absolute atomic E-state index is 0.274. The van der Waals surface area contributed by atoms with Gasteiger partial charge in [-0.15, -0.1) is 4.40 Å². The fourth-order valence-electron chi connectivity index (χ4n) is 4.46. The molecule has 0 aliphatic carbocycles. The molecule has 0 saturated carbocycles. The van der Waals surface area contributed by atoms with Gasteiger partial charge in [0.2, 0.25) is 0 Å². The van der Waals surface area contributed by atoms with Crippen LogP contribution in [-0.2, 0) is 24.1 Å². The van der Waals surface area contributed by atoms with E-state index < -0.39 is 10.0 Å². The zero-order chi connectivity index (χ0) is 22.7. The molecule has 6 rings (SSSR count). The number of anilines is 1. The summed E-state index contributed by atoms with van der Waals surface area (Å²) < 4.78 is 32.6. The zero-order valence-corrected chi connectivity index (χ0v) is 18.9. The van der Waals surface area contributed by atoms with Gasteiger partial charge in [-0.05, 0) is 12.1 Å². The number of nitrogens with zero attached hydrogens (tertiary/aromatic N) is 9. The summed E-state index contributed by atoms with van der Waals surface area (Å²) in [4.78, 5) is 18.3. The van der Waals surface area contributed by atoms with Gasteiger partial charge in [0.05, 0.1) is 11.8 Å². The van der Waals surface area contributed by atoms with E-state index in [0.29, 0.717) is 37.6 Å². The SMILES string of the molecule is Cn1cc(-c2nc3c(N4CCN(C5=NS(=O)(=O)c6ccccc65)CC4)ncnc3n2C)cn1. The number of piperazine rings is 1. The van der Waals surface area contributed by atoms with Crippen molar-refractivity contribution >= 4 is 32.8 Å². The smallest absolute Gasteiger partial charge is 0.285 e. The van der Waals surface area contributed by atoms with Crippen LogP contribution in [0.4, 0.5) is 5.82 Å². The lowest BCUT2D eigenvalue weighted by Gasteiger charge is -2.36. The highest BCUT2D eigenvalue weighted by Gasteiger charge is 2.33. The second kappa shape index (κ2) is 7.10. The number of rotatable bonds is 2. The van der Waals surface area contributed by atoms with Gasteiger partial charge in [-0.3, -0.25) is 4.68 Å². The predicted octanol–water partition coefficient (Wildman–Crippen LogP) is 1.03. The second-order valence-electron chi connectivity index (χ2n) is 8.13. The Morgan fingerprint density at radius 1 is 0.970 bits per heavy atom. The molecule has 3 aromatic heterocycles. The number of aromatic nitrogens is 6. The topological polar surface area (TPSA) is 114 Å². The van der Waals surface area contributed by atoms with E-state index in [0.717, 1.165) is 28.4 Å². The largest absolute Gasteiger partial charge is 0.352 e. The molecule has 0 unspecified atom stereocenters. The van der Waals surface area contributed by atoms with Crippen molar-refractivity contribution in [1.29, 1.82) is 0 Å². The van der Waals surface area contributed by atoms with E-state index in [4.69, 9.17) is 4.98 Å². The Morgan fingerprint density at radius 2 is 1.73 bits per heavy atom.